The van der Waals surface area contributed by atoms with Crippen molar-refractivity contribution in [2.45, 2.75) is 33.6 Å². The SMILES string of the molecule is Cc1cc(C)c(C)c(OCCN(C)CC2CCC(=O)N(C)C2)c1. The highest BCUT2D eigenvalue weighted by Crippen LogP contribution is 2.23. The Bertz CT molecular complexity index is 557. The van der Waals surface area contributed by atoms with Crippen molar-refractivity contribution in [1.82, 2.24) is 9.80 Å². The normalized spacial score (nSPS) is 18.6. The quantitative estimate of drug-likeness (QED) is 0.808. The number of ether oxygens (including phenoxy) is 1. The molecular weight excluding hydrogens is 288 g/mol. The van der Waals surface area contributed by atoms with Gasteiger partial charge < -0.3 is 14.5 Å². The van der Waals surface area contributed by atoms with Crippen molar-refractivity contribution in [3.63, 3.8) is 0 Å². The summed E-state index contributed by atoms with van der Waals surface area (Å²) in [5, 5.41) is 0. The summed E-state index contributed by atoms with van der Waals surface area (Å²) < 4.78 is 5.99. The molecule has 0 saturated carbocycles. The van der Waals surface area contributed by atoms with Crippen LogP contribution in [0.2, 0.25) is 0 Å². The van der Waals surface area contributed by atoms with Gasteiger partial charge in [0.2, 0.25) is 5.91 Å². The van der Waals surface area contributed by atoms with Gasteiger partial charge in [0.05, 0.1) is 0 Å². The molecule has 128 valence electrons. The Morgan fingerprint density at radius 3 is 2.74 bits per heavy atom. The molecule has 1 aromatic carbocycles. The maximum atomic E-state index is 11.5. The van der Waals surface area contributed by atoms with Gasteiger partial charge in [0.25, 0.3) is 0 Å². The monoisotopic (exact) mass is 318 g/mol. The smallest absolute Gasteiger partial charge is 0.222 e. The van der Waals surface area contributed by atoms with Gasteiger partial charge >= 0.3 is 0 Å². The van der Waals surface area contributed by atoms with Crippen LogP contribution in [0.3, 0.4) is 0 Å². The molecule has 0 N–H and O–H groups in total. The molecule has 1 saturated heterocycles. The van der Waals surface area contributed by atoms with Crippen LogP contribution in [0.5, 0.6) is 5.75 Å². The van der Waals surface area contributed by atoms with Crippen molar-refractivity contribution in [3.8, 4) is 5.75 Å². The molecule has 1 aliphatic rings. The first-order valence-corrected chi connectivity index (χ1v) is 8.50. The summed E-state index contributed by atoms with van der Waals surface area (Å²) in [5.74, 6) is 1.85. The Morgan fingerprint density at radius 2 is 2.04 bits per heavy atom. The van der Waals surface area contributed by atoms with Crippen molar-refractivity contribution >= 4 is 5.91 Å². The van der Waals surface area contributed by atoms with E-state index in [0.717, 1.165) is 31.8 Å². The summed E-state index contributed by atoms with van der Waals surface area (Å²) in [7, 11) is 4.04. The summed E-state index contributed by atoms with van der Waals surface area (Å²) in [6.45, 7) is 9.84. The lowest BCUT2D eigenvalue weighted by atomic mass is 9.97. The van der Waals surface area contributed by atoms with Gasteiger partial charge in [0.1, 0.15) is 12.4 Å². The van der Waals surface area contributed by atoms with Gasteiger partial charge in [-0.3, -0.25) is 4.79 Å². The summed E-state index contributed by atoms with van der Waals surface area (Å²) in [6, 6.07) is 4.30. The zero-order valence-electron chi connectivity index (χ0n) is 15.2. The fourth-order valence-corrected chi connectivity index (χ4v) is 3.24. The molecule has 0 aromatic heterocycles. The maximum Gasteiger partial charge on any atom is 0.222 e. The molecule has 23 heavy (non-hydrogen) atoms. The molecule has 1 unspecified atom stereocenters. The lowest BCUT2D eigenvalue weighted by Crippen LogP contribution is -2.41. The highest BCUT2D eigenvalue weighted by molar-refractivity contribution is 5.76. The highest BCUT2D eigenvalue weighted by Gasteiger charge is 2.23. The van der Waals surface area contributed by atoms with E-state index in [4.69, 9.17) is 4.74 Å². The number of hydrogen-bond donors (Lipinski definition) is 0. The number of piperidine rings is 1. The van der Waals surface area contributed by atoms with Crippen molar-refractivity contribution in [1.29, 1.82) is 0 Å². The minimum Gasteiger partial charge on any atom is -0.492 e. The van der Waals surface area contributed by atoms with Gasteiger partial charge in [-0.1, -0.05) is 6.07 Å². The average molecular weight is 318 g/mol. The maximum absolute atomic E-state index is 11.5. The van der Waals surface area contributed by atoms with Crippen molar-refractivity contribution in [2.75, 3.05) is 40.3 Å². The summed E-state index contributed by atoms with van der Waals surface area (Å²) in [4.78, 5) is 15.7. The first-order valence-electron chi connectivity index (χ1n) is 8.50. The predicted molar refractivity (Wildman–Crippen MR) is 94.0 cm³/mol. The van der Waals surface area contributed by atoms with E-state index in [1.54, 1.807) is 0 Å². The third-order valence-electron chi connectivity index (χ3n) is 4.79. The molecule has 0 radical (unpaired) electrons. The van der Waals surface area contributed by atoms with Crippen molar-refractivity contribution in [2.24, 2.45) is 5.92 Å². The number of rotatable bonds is 6. The second-order valence-electron chi connectivity index (χ2n) is 6.99. The molecule has 0 spiro atoms. The van der Waals surface area contributed by atoms with Crippen molar-refractivity contribution < 1.29 is 9.53 Å². The first kappa shape index (κ1) is 17.8. The van der Waals surface area contributed by atoms with Crippen LogP contribution in [0.4, 0.5) is 0 Å². The lowest BCUT2D eigenvalue weighted by molar-refractivity contribution is -0.133. The number of carbonyl (C=O) groups excluding carboxylic acids is 1. The number of likely N-dealkylation sites (N-methyl/N-ethyl adjacent to an activating group) is 1. The number of carbonyl (C=O) groups is 1. The summed E-state index contributed by atoms with van der Waals surface area (Å²) in [6.07, 6.45) is 1.69. The molecule has 2 rings (SSSR count). The molecule has 0 bridgehead atoms. The largest absolute Gasteiger partial charge is 0.492 e. The van der Waals surface area contributed by atoms with Gasteiger partial charge in [0, 0.05) is 33.1 Å². The molecule has 4 heteroatoms. The van der Waals surface area contributed by atoms with Crippen LogP contribution in [0.15, 0.2) is 12.1 Å². The van der Waals surface area contributed by atoms with Gasteiger partial charge in [-0.15, -0.1) is 0 Å². The second-order valence-corrected chi connectivity index (χ2v) is 6.99. The molecular formula is C19H30N2O2. The number of amides is 1. The first-order chi connectivity index (χ1) is 10.9. The second kappa shape index (κ2) is 7.82. The van der Waals surface area contributed by atoms with Crippen LogP contribution in [0.1, 0.15) is 29.5 Å². The predicted octanol–water partition coefficient (Wildman–Crippen LogP) is 2.79. The molecule has 1 aromatic rings. The number of likely N-dealkylation sites (tertiary alicyclic amines) is 1. The van der Waals surface area contributed by atoms with E-state index in [0.29, 0.717) is 18.9 Å². The van der Waals surface area contributed by atoms with E-state index in [2.05, 4.69) is 44.9 Å². The van der Waals surface area contributed by atoms with Crippen LogP contribution in [0.25, 0.3) is 0 Å². The number of nitrogens with zero attached hydrogens (tertiary/aromatic N) is 2. The molecule has 1 fully saturated rings. The molecule has 0 aliphatic carbocycles. The lowest BCUT2D eigenvalue weighted by Gasteiger charge is -2.32. The zero-order chi connectivity index (χ0) is 17.0. The Balaban J connectivity index is 1.77. The van der Waals surface area contributed by atoms with Gasteiger partial charge in [-0.25, -0.2) is 0 Å². The number of aryl methyl sites for hydroxylation is 2. The Hall–Kier alpha value is -1.55. The number of hydrogen-bond acceptors (Lipinski definition) is 3. The molecule has 1 aliphatic heterocycles. The van der Waals surface area contributed by atoms with Crippen LogP contribution < -0.4 is 4.74 Å². The Kier molecular flexibility index (Phi) is 6.05. The van der Waals surface area contributed by atoms with E-state index >= 15 is 0 Å². The fraction of sp³-hybridized carbons (Fsp3) is 0.632. The molecule has 1 atom stereocenters. The summed E-state index contributed by atoms with van der Waals surface area (Å²) >= 11 is 0. The third kappa shape index (κ3) is 4.96. The summed E-state index contributed by atoms with van der Waals surface area (Å²) in [5.41, 5.74) is 3.75. The standard InChI is InChI=1S/C19H30N2O2/c1-14-10-15(2)16(3)18(11-14)23-9-8-20(4)12-17-6-7-19(22)21(5)13-17/h10-11,17H,6-9,12-13H2,1-5H3. The third-order valence-corrected chi connectivity index (χ3v) is 4.79. The van der Waals surface area contributed by atoms with Gasteiger partial charge in [0.15, 0.2) is 0 Å². The van der Waals surface area contributed by atoms with Gasteiger partial charge in [-0.05, 0) is 62.9 Å². The minimum absolute atomic E-state index is 0.275. The Morgan fingerprint density at radius 1 is 1.30 bits per heavy atom. The fourth-order valence-electron chi connectivity index (χ4n) is 3.24. The van der Waals surface area contributed by atoms with Crippen molar-refractivity contribution in [3.05, 3.63) is 28.8 Å². The molecule has 1 amide bonds. The van der Waals surface area contributed by atoms with E-state index in [1.165, 1.54) is 16.7 Å². The average Bonchev–Trinajstić information content (AvgIpc) is 2.48. The van der Waals surface area contributed by atoms with E-state index < -0.39 is 0 Å². The van der Waals surface area contributed by atoms with E-state index in [9.17, 15) is 4.79 Å². The highest BCUT2D eigenvalue weighted by atomic mass is 16.5. The topological polar surface area (TPSA) is 32.8 Å². The Labute approximate surface area is 140 Å². The molecule has 1 heterocycles. The van der Waals surface area contributed by atoms with E-state index in [-0.39, 0.29) is 5.91 Å². The van der Waals surface area contributed by atoms with Crippen LogP contribution in [0, 0.1) is 26.7 Å². The number of benzene rings is 1. The van der Waals surface area contributed by atoms with Crippen LogP contribution >= 0.6 is 0 Å². The van der Waals surface area contributed by atoms with Crippen LogP contribution in [-0.4, -0.2) is 56.0 Å². The molecule has 4 nitrogen and oxygen atoms in total. The van der Waals surface area contributed by atoms with Gasteiger partial charge in [-0.2, -0.15) is 0 Å². The minimum atomic E-state index is 0.275. The van der Waals surface area contributed by atoms with Crippen LogP contribution in [-0.2, 0) is 4.79 Å². The zero-order valence-corrected chi connectivity index (χ0v) is 15.2. The van der Waals surface area contributed by atoms with E-state index in [1.807, 2.05) is 11.9 Å².